The van der Waals surface area contributed by atoms with E-state index >= 15 is 0 Å². The Hall–Kier alpha value is -1.31. The van der Waals surface area contributed by atoms with Crippen LogP contribution in [-0.2, 0) is 6.42 Å². The predicted octanol–water partition coefficient (Wildman–Crippen LogP) is 5.39. The van der Waals surface area contributed by atoms with Gasteiger partial charge in [0.15, 0.2) is 0 Å². The normalized spacial score (nSPS) is 10.0. The van der Waals surface area contributed by atoms with E-state index in [4.69, 9.17) is 5.26 Å². The number of rotatable bonds is 3. The third kappa shape index (κ3) is 3.59. The molecule has 0 fully saturated rings. The van der Waals surface area contributed by atoms with Crippen LogP contribution in [0.2, 0.25) is 0 Å². The first-order chi connectivity index (χ1) is 9.12. The van der Waals surface area contributed by atoms with Gasteiger partial charge in [-0.15, -0.1) is 0 Å². The Bertz CT molecular complexity index is 645. The maximum absolute atomic E-state index is 8.98. The van der Waals surface area contributed by atoms with E-state index < -0.39 is 0 Å². The fourth-order valence-corrected chi connectivity index (χ4v) is 2.76. The van der Waals surface area contributed by atoms with Crippen LogP contribution in [0.25, 0.3) is 0 Å². The number of aryl methyl sites for hydroxylation is 1. The molecule has 0 heterocycles. The van der Waals surface area contributed by atoms with Crippen molar-refractivity contribution in [1.29, 1.82) is 5.26 Å². The molecule has 0 radical (unpaired) electrons. The Kier molecular flexibility index (Phi) is 4.62. The van der Waals surface area contributed by atoms with E-state index in [2.05, 4.69) is 56.2 Å². The lowest BCUT2D eigenvalue weighted by Crippen LogP contribution is -1.96. The zero-order valence-corrected chi connectivity index (χ0v) is 13.5. The monoisotopic (exact) mass is 378 g/mol. The molecule has 2 rings (SSSR count). The summed E-state index contributed by atoms with van der Waals surface area (Å²) in [4.78, 5) is 0. The first-order valence-corrected chi connectivity index (χ1v) is 7.47. The maximum Gasteiger partial charge on any atom is 0.0992 e. The second-order valence-electron chi connectivity index (χ2n) is 4.12. The molecule has 0 amide bonds. The lowest BCUT2D eigenvalue weighted by molar-refractivity contribution is 1.14. The van der Waals surface area contributed by atoms with Crippen molar-refractivity contribution in [3.8, 4) is 6.07 Å². The van der Waals surface area contributed by atoms with Crippen molar-refractivity contribution in [3.05, 3.63) is 56.5 Å². The summed E-state index contributed by atoms with van der Waals surface area (Å²) in [5.41, 5.74) is 3.83. The van der Waals surface area contributed by atoms with Crippen molar-refractivity contribution in [3.63, 3.8) is 0 Å². The van der Waals surface area contributed by atoms with Gasteiger partial charge in [0.25, 0.3) is 0 Å². The Labute approximate surface area is 129 Å². The smallest absolute Gasteiger partial charge is 0.0992 e. The molecule has 0 aromatic heterocycles. The molecule has 0 saturated heterocycles. The van der Waals surface area contributed by atoms with Gasteiger partial charge in [0, 0.05) is 20.3 Å². The molecular formula is C15H12Br2N2. The molecule has 1 N–H and O–H groups in total. The van der Waals surface area contributed by atoms with Crippen LogP contribution in [0.5, 0.6) is 0 Å². The van der Waals surface area contributed by atoms with Crippen LogP contribution < -0.4 is 5.32 Å². The summed E-state index contributed by atoms with van der Waals surface area (Å²) in [5, 5.41) is 12.3. The number of halogens is 2. The van der Waals surface area contributed by atoms with Gasteiger partial charge in [0.05, 0.1) is 11.6 Å². The molecule has 2 nitrogen and oxygen atoms in total. The molecule has 0 spiro atoms. The fourth-order valence-electron chi connectivity index (χ4n) is 1.86. The number of hydrogen-bond donors (Lipinski definition) is 1. The van der Waals surface area contributed by atoms with Crippen LogP contribution in [0.3, 0.4) is 0 Å². The SMILES string of the molecule is CCc1cc(Br)ccc1Nc1cc(Br)cc(C#N)c1. The first kappa shape index (κ1) is 14.1. The number of benzene rings is 2. The molecule has 19 heavy (non-hydrogen) atoms. The zero-order valence-electron chi connectivity index (χ0n) is 10.4. The van der Waals surface area contributed by atoms with Gasteiger partial charge in [0.2, 0.25) is 0 Å². The van der Waals surface area contributed by atoms with Gasteiger partial charge in [-0.25, -0.2) is 0 Å². The Morgan fingerprint density at radius 1 is 1.11 bits per heavy atom. The van der Waals surface area contributed by atoms with Crippen molar-refractivity contribution in [2.45, 2.75) is 13.3 Å². The summed E-state index contributed by atoms with van der Waals surface area (Å²) in [6.45, 7) is 2.12. The lowest BCUT2D eigenvalue weighted by Gasteiger charge is -2.12. The molecule has 0 aliphatic carbocycles. The molecule has 2 aromatic rings. The van der Waals surface area contributed by atoms with E-state index in [1.54, 1.807) is 6.07 Å². The largest absolute Gasteiger partial charge is 0.355 e. The third-order valence-electron chi connectivity index (χ3n) is 2.75. The fraction of sp³-hybridized carbons (Fsp3) is 0.133. The van der Waals surface area contributed by atoms with E-state index in [1.165, 1.54) is 5.56 Å². The highest BCUT2D eigenvalue weighted by Gasteiger charge is 2.04. The van der Waals surface area contributed by atoms with Gasteiger partial charge in [-0.05, 0) is 48.4 Å². The van der Waals surface area contributed by atoms with E-state index in [0.717, 1.165) is 26.7 Å². The lowest BCUT2D eigenvalue weighted by atomic mass is 10.1. The zero-order chi connectivity index (χ0) is 13.8. The minimum Gasteiger partial charge on any atom is -0.355 e. The molecule has 2 aromatic carbocycles. The van der Waals surface area contributed by atoms with Gasteiger partial charge in [-0.3, -0.25) is 0 Å². The Morgan fingerprint density at radius 3 is 2.58 bits per heavy atom. The topological polar surface area (TPSA) is 35.8 Å². The van der Waals surface area contributed by atoms with Gasteiger partial charge in [0.1, 0.15) is 0 Å². The average Bonchev–Trinajstić information content (AvgIpc) is 2.40. The highest BCUT2D eigenvalue weighted by Crippen LogP contribution is 2.27. The van der Waals surface area contributed by atoms with Crippen LogP contribution in [-0.4, -0.2) is 0 Å². The second kappa shape index (κ2) is 6.23. The quantitative estimate of drug-likeness (QED) is 0.775. The van der Waals surface area contributed by atoms with E-state index in [9.17, 15) is 0 Å². The number of nitriles is 1. The van der Waals surface area contributed by atoms with E-state index in [-0.39, 0.29) is 0 Å². The summed E-state index contributed by atoms with van der Waals surface area (Å²) in [6.07, 6.45) is 0.945. The molecule has 96 valence electrons. The van der Waals surface area contributed by atoms with Crippen molar-refractivity contribution in [1.82, 2.24) is 0 Å². The summed E-state index contributed by atoms with van der Waals surface area (Å²) >= 11 is 6.89. The molecule has 0 aliphatic heterocycles. The van der Waals surface area contributed by atoms with E-state index in [0.29, 0.717) is 5.56 Å². The number of nitrogens with zero attached hydrogens (tertiary/aromatic N) is 1. The standard InChI is InChI=1S/C15H12Br2N2/c1-2-11-7-12(16)3-4-15(11)19-14-6-10(9-18)5-13(17)8-14/h3-8,19H,2H2,1H3. The number of anilines is 2. The molecule has 0 atom stereocenters. The Balaban J connectivity index is 2.36. The summed E-state index contributed by atoms with van der Waals surface area (Å²) in [7, 11) is 0. The molecule has 0 aliphatic rings. The minimum absolute atomic E-state index is 0.632. The average molecular weight is 380 g/mol. The molecular weight excluding hydrogens is 368 g/mol. The van der Waals surface area contributed by atoms with Crippen molar-refractivity contribution < 1.29 is 0 Å². The van der Waals surface area contributed by atoms with Crippen molar-refractivity contribution in [2.75, 3.05) is 5.32 Å². The predicted molar refractivity (Wildman–Crippen MR) is 85.7 cm³/mol. The number of nitrogens with one attached hydrogen (secondary N) is 1. The highest BCUT2D eigenvalue weighted by atomic mass is 79.9. The van der Waals surface area contributed by atoms with Crippen LogP contribution >= 0.6 is 31.9 Å². The maximum atomic E-state index is 8.98. The summed E-state index contributed by atoms with van der Waals surface area (Å²) in [5.74, 6) is 0. The Morgan fingerprint density at radius 2 is 1.89 bits per heavy atom. The van der Waals surface area contributed by atoms with Crippen molar-refractivity contribution >= 4 is 43.2 Å². The highest BCUT2D eigenvalue weighted by molar-refractivity contribution is 9.10. The molecule has 0 bridgehead atoms. The summed E-state index contributed by atoms with van der Waals surface area (Å²) in [6, 6.07) is 13.9. The molecule has 0 saturated carbocycles. The van der Waals surface area contributed by atoms with Crippen LogP contribution in [0.1, 0.15) is 18.1 Å². The van der Waals surface area contributed by atoms with Gasteiger partial charge in [-0.1, -0.05) is 38.8 Å². The summed E-state index contributed by atoms with van der Waals surface area (Å²) < 4.78 is 1.96. The van der Waals surface area contributed by atoms with E-state index in [1.807, 2.05) is 24.3 Å². The number of hydrogen-bond acceptors (Lipinski definition) is 2. The van der Waals surface area contributed by atoms with Gasteiger partial charge in [-0.2, -0.15) is 5.26 Å². The minimum atomic E-state index is 0.632. The molecule has 4 heteroatoms. The van der Waals surface area contributed by atoms with Crippen LogP contribution in [0, 0.1) is 11.3 Å². The van der Waals surface area contributed by atoms with Gasteiger partial charge < -0.3 is 5.32 Å². The molecule has 0 unspecified atom stereocenters. The van der Waals surface area contributed by atoms with Crippen molar-refractivity contribution in [2.24, 2.45) is 0 Å². The van der Waals surface area contributed by atoms with Crippen LogP contribution in [0.4, 0.5) is 11.4 Å². The van der Waals surface area contributed by atoms with Gasteiger partial charge >= 0.3 is 0 Å². The second-order valence-corrected chi connectivity index (χ2v) is 5.95. The van der Waals surface area contributed by atoms with Crippen LogP contribution in [0.15, 0.2) is 45.3 Å². The third-order valence-corrected chi connectivity index (χ3v) is 3.71. The first-order valence-electron chi connectivity index (χ1n) is 5.88.